The quantitative estimate of drug-likeness (QED) is 0.245. The van der Waals surface area contributed by atoms with Gasteiger partial charge in [-0.2, -0.15) is 0 Å². The third-order valence-electron chi connectivity index (χ3n) is 4.73. The van der Waals surface area contributed by atoms with E-state index in [2.05, 4.69) is 6.92 Å². The summed E-state index contributed by atoms with van der Waals surface area (Å²) in [4.78, 5) is 0. The summed E-state index contributed by atoms with van der Waals surface area (Å²) in [5.74, 6) is -1.26. The topological polar surface area (TPSA) is 94.1 Å². The lowest BCUT2D eigenvalue weighted by Gasteiger charge is -2.23. The fraction of sp³-hybridized carbons (Fsp3) is 1.00. The molecule has 0 radical (unpaired) electrons. The number of unbranched alkanes of at least 4 members (excludes halogenated alkanes) is 8. The van der Waals surface area contributed by atoms with Crippen molar-refractivity contribution in [2.45, 2.75) is 89.9 Å². The van der Waals surface area contributed by atoms with Gasteiger partial charge in [-0.1, -0.05) is 58.3 Å². The lowest BCUT2D eigenvalue weighted by molar-refractivity contribution is -0.193. The van der Waals surface area contributed by atoms with Crippen molar-refractivity contribution < 1.29 is 31.9 Å². The van der Waals surface area contributed by atoms with Crippen LogP contribution in [-0.4, -0.2) is 63.6 Å². The van der Waals surface area contributed by atoms with Gasteiger partial charge in [0.2, 0.25) is 0 Å². The Morgan fingerprint density at radius 3 is 2.21 bits per heavy atom. The fourth-order valence-corrected chi connectivity index (χ4v) is 3.64. The monoisotopic (exact) mass is 423 g/mol. The van der Waals surface area contributed by atoms with Gasteiger partial charge in [-0.25, -0.2) is 8.42 Å². The van der Waals surface area contributed by atoms with Gasteiger partial charge in [0, 0.05) is 19.0 Å². The maximum atomic E-state index is 10.5. The first-order chi connectivity index (χ1) is 13.3. The standard InChI is InChI=1S/C20H40O7S/c1-3-4-5-6-7-8-9-10-11-13-24-16-19-17-26-20(2,27-19)18-25-14-12-15-28(21,22)23/h19H,3-18H2,1-2H3,(H,21,22,23)/p-1. The Bertz CT molecular complexity index is 483. The summed E-state index contributed by atoms with van der Waals surface area (Å²) in [7, 11) is -4.18. The highest BCUT2D eigenvalue weighted by molar-refractivity contribution is 7.85. The minimum Gasteiger partial charge on any atom is -0.748 e. The van der Waals surface area contributed by atoms with Crippen molar-refractivity contribution in [3.8, 4) is 0 Å². The van der Waals surface area contributed by atoms with Gasteiger partial charge in [-0.3, -0.25) is 0 Å². The zero-order valence-corrected chi connectivity index (χ0v) is 18.5. The molecule has 0 saturated carbocycles. The van der Waals surface area contributed by atoms with Crippen molar-refractivity contribution in [2.24, 2.45) is 0 Å². The molecule has 0 N–H and O–H groups in total. The van der Waals surface area contributed by atoms with Crippen LogP contribution in [0.5, 0.6) is 0 Å². The van der Waals surface area contributed by atoms with E-state index < -0.39 is 21.7 Å². The van der Waals surface area contributed by atoms with E-state index >= 15 is 0 Å². The Balaban J connectivity index is 1.94. The second kappa shape index (κ2) is 14.7. The molecule has 7 nitrogen and oxygen atoms in total. The van der Waals surface area contributed by atoms with E-state index in [9.17, 15) is 13.0 Å². The van der Waals surface area contributed by atoms with Crippen LogP contribution >= 0.6 is 0 Å². The molecule has 1 heterocycles. The molecule has 0 bridgehead atoms. The Kier molecular flexibility index (Phi) is 13.5. The average molecular weight is 424 g/mol. The van der Waals surface area contributed by atoms with Crippen molar-refractivity contribution in [2.75, 3.05) is 38.8 Å². The van der Waals surface area contributed by atoms with Crippen LogP contribution < -0.4 is 0 Å². The second-order valence-corrected chi connectivity index (χ2v) is 9.28. The number of hydrogen-bond acceptors (Lipinski definition) is 7. The first kappa shape index (κ1) is 25.8. The van der Waals surface area contributed by atoms with Crippen LogP contribution in [0.2, 0.25) is 0 Å². The summed E-state index contributed by atoms with van der Waals surface area (Å²) >= 11 is 0. The van der Waals surface area contributed by atoms with E-state index in [1.807, 2.05) is 0 Å². The van der Waals surface area contributed by atoms with Crippen LogP contribution in [0.4, 0.5) is 0 Å². The smallest absolute Gasteiger partial charge is 0.189 e. The van der Waals surface area contributed by atoms with Crippen LogP contribution in [0.1, 0.15) is 78.1 Å². The molecule has 28 heavy (non-hydrogen) atoms. The highest BCUT2D eigenvalue weighted by atomic mass is 32.2. The Hall–Kier alpha value is -0.250. The minimum absolute atomic E-state index is 0.116. The summed E-state index contributed by atoms with van der Waals surface area (Å²) in [6.07, 6.45) is 11.7. The maximum absolute atomic E-state index is 10.5. The molecule has 0 spiro atoms. The molecule has 1 saturated heterocycles. The average Bonchev–Trinajstić information content (AvgIpc) is 3.00. The first-order valence-electron chi connectivity index (χ1n) is 10.8. The van der Waals surface area contributed by atoms with Gasteiger partial charge in [0.05, 0.1) is 23.3 Å². The number of hydrogen-bond donors (Lipinski definition) is 0. The minimum atomic E-state index is -4.18. The van der Waals surface area contributed by atoms with Crippen molar-refractivity contribution >= 4 is 10.1 Å². The van der Waals surface area contributed by atoms with E-state index in [-0.39, 0.29) is 25.7 Å². The molecule has 8 heteroatoms. The van der Waals surface area contributed by atoms with Gasteiger partial charge in [-0.15, -0.1) is 0 Å². The molecule has 1 rings (SSSR count). The van der Waals surface area contributed by atoms with E-state index in [1.165, 1.54) is 51.4 Å². The molecule has 2 unspecified atom stereocenters. The third-order valence-corrected chi connectivity index (χ3v) is 5.52. The molecule has 2 atom stereocenters. The largest absolute Gasteiger partial charge is 0.748 e. The summed E-state index contributed by atoms with van der Waals surface area (Å²) < 4.78 is 54.2. The van der Waals surface area contributed by atoms with Gasteiger partial charge >= 0.3 is 0 Å². The second-order valence-electron chi connectivity index (χ2n) is 7.76. The van der Waals surface area contributed by atoms with Crippen LogP contribution in [0, 0.1) is 0 Å². The third kappa shape index (κ3) is 13.8. The van der Waals surface area contributed by atoms with E-state index in [4.69, 9.17) is 18.9 Å². The van der Waals surface area contributed by atoms with Crippen molar-refractivity contribution in [3.05, 3.63) is 0 Å². The molecule has 0 aliphatic carbocycles. The highest BCUT2D eigenvalue weighted by Crippen LogP contribution is 2.24. The molecular weight excluding hydrogens is 384 g/mol. The van der Waals surface area contributed by atoms with Gasteiger partial charge in [0.15, 0.2) is 5.79 Å². The van der Waals surface area contributed by atoms with Gasteiger partial charge in [-0.05, 0) is 19.8 Å². The van der Waals surface area contributed by atoms with E-state index in [0.29, 0.717) is 13.2 Å². The lowest BCUT2D eigenvalue weighted by atomic mass is 10.1. The molecule has 0 aromatic heterocycles. The van der Waals surface area contributed by atoms with E-state index in [1.54, 1.807) is 6.92 Å². The van der Waals surface area contributed by atoms with E-state index in [0.717, 1.165) is 13.0 Å². The normalized spacial score (nSPS) is 22.8. The predicted molar refractivity (Wildman–Crippen MR) is 107 cm³/mol. The molecule has 0 aromatic carbocycles. The van der Waals surface area contributed by atoms with Crippen molar-refractivity contribution in [1.29, 1.82) is 0 Å². The number of ether oxygens (including phenoxy) is 4. The van der Waals surface area contributed by atoms with Crippen molar-refractivity contribution in [1.82, 2.24) is 0 Å². The Morgan fingerprint density at radius 1 is 0.964 bits per heavy atom. The van der Waals surface area contributed by atoms with Crippen molar-refractivity contribution in [3.63, 3.8) is 0 Å². The summed E-state index contributed by atoms with van der Waals surface area (Å²) in [5, 5.41) is 0. The molecular formula is C20H39O7S-. The summed E-state index contributed by atoms with van der Waals surface area (Å²) in [6.45, 7) is 6.11. The zero-order valence-electron chi connectivity index (χ0n) is 17.7. The van der Waals surface area contributed by atoms with Gasteiger partial charge in [0.25, 0.3) is 0 Å². The summed E-state index contributed by atoms with van der Waals surface area (Å²) in [5.41, 5.74) is 0. The molecule has 1 aliphatic rings. The molecule has 1 fully saturated rings. The van der Waals surface area contributed by atoms with Crippen LogP contribution in [0.3, 0.4) is 0 Å². The molecule has 168 valence electrons. The Labute approximate surface area is 171 Å². The predicted octanol–water partition coefficient (Wildman–Crippen LogP) is 3.62. The summed E-state index contributed by atoms with van der Waals surface area (Å²) in [6, 6.07) is 0. The number of rotatable bonds is 18. The SMILES string of the molecule is CCCCCCCCCCCOCC1COC(C)(COCCCS(=O)(=O)[O-])O1. The zero-order chi connectivity index (χ0) is 20.7. The molecule has 1 aliphatic heterocycles. The first-order valence-corrected chi connectivity index (χ1v) is 12.3. The molecule has 0 aromatic rings. The van der Waals surface area contributed by atoms with Crippen LogP contribution in [0.25, 0.3) is 0 Å². The lowest BCUT2D eigenvalue weighted by Crippen LogP contribution is -2.34. The maximum Gasteiger partial charge on any atom is 0.189 e. The van der Waals surface area contributed by atoms with Gasteiger partial charge < -0.3 is 23.5 Å². The van der Waals surface area contributed by atoms with Crippen LogP contribution in [0.15, 0.2) is 0 Å². The fourth-order valence-electron chi connectivity index (χ4n) is 3.17. The highest BCUT2D eigenvalue weighted by Gasteiger charge is 2.37. The van der Waals surface area contributed by atoms with Gasteiger partial charge in [0.1, 0.15) is 12.7 Å². The Morgan fingerprint density at radius 2 is 1.57 bits per heavy atom. The molecule has 0 amide bonds. The van der Waals surface area contributed by atoms with Crippen LogP contribution in [-0.2, 0) is 29.1 Å².